The normalized spacial score (nSPS) is 10.7. The van der Waals surface area contributed by atoms with Gasteiger partial charge in [-0.3, -0.25) is 0 Å². The van der Waals surface area contributed by atoms with Crippen LogP contribution in [0.3, 0.4) is 0 Å². The van der Waals surface area contributed by atoms with E-state index in [1.54, 1.807) is 29.3 Å². The van der Waals surface area contributed by atoms with Crippen molar-refractivity contribution in [3.8, 4) is 11.3 Å². The van der Waals surface area contributed by atoms with Gasteiger partial charge in [0.2, 0.25) is 5.95 Å². The Morgan fingerprint density at radius 2 is 1.58 bits per heavy atom. The number of pyridine rings is 1. The second kappa shape index (κ2) is 9.30. The predicted molar refractivity (Wildman–Crippen MR) is 118 cm³/mol. The van der Waals surface area contributed by atoms with Crippen LogP contribution in [0.15, 0.2) is 79.0 Å². The molecule has 0 fully saturated rings. The van der Waals surface area contributed by atoms with Crippen LogP contribution in [0, 0.1) is 11.6 Å². The first-order valence-corrected chi connectivity index (χ1v) is 9.86. The maximum absolute atomic E-state index is 13.6. The molecule has 4 aromatic rings. The van der Waals surface area contributed by atoms with E-state index in [1.807, 2.05) is 31.3 Å². The number of halogens is 2. The van der Waals surface area contributed by atoms with Crippen LogP contribution in [0.25, 0.3) is 11.3 Å². The second-order valence-electron chi connectivity index (χ2n) is 7.00. The van der Waals surface area contributed by atoms with Gasteiger partial charge in [-0.2, -0.15) is 4.98 Å². The highest BCUT2D eigenvalue weighted by Gasteiger charge is 2.11. The van der Waals surface area contributed by atoms with E-state index in [0.29, 0.717) is 35.4 Å². The molecule has 31 heavy (non-hydrogen) atoms. The molecule has 0 atom stereocenters. The van der Waals surface area contributed by atoms with Crippen LogP contribution in [0.4, 0.5) is 26.4 Å². The van der Waals surface area contributed by atoms with E-state index in [2.05, 4.69) is 32.4 Å². The number of nitrogens with zero attached hydrogens (tertiary/aromatic N) is 4. The molecule has 0 unspecified atom stereocenters. The fourth-order valence-electron chi connectivity index (χ4n) is 3.17. The van der Waals surface area contributed by atoms with Gasteiger partial charge in [0.15, 0.2) is 0 Å². The Kier molecular flexibility index (Phi) is 6.12. The van der Waals surface area contributed by atoms with E-state index in [-0.39, 0.29) is 0 Å². The Morgan fingerprint density at radius 3 is 2.35 bits per heavy atom. The lowest BCUT2D eigenvalue weighted by molar-refractivity contribution is 0.584. The van der Waals surface area contributed by atoms with Crippen LogP contribution < -0.4 is 10.2 Å². The quantitative estimate of drug-likeness (QED) is 0.446. The lowest BCUT2D eigenvalue weighted by atomic mass is 10.1. The number of rotatable bonds is 7. The molecule has 2 aromatic heterocycles. The number of aromatic nitrogens is 3. The Bertz CT molecular complexity index is 1150. The van der Waals surface area contributed by atoms with Crippen molar-refractivity contribution in [1.82, 2.24) is 15.0 Å². The highest BCUT2D eigenvalue weighted by Crippen LogP contribution is 2.25. The Morgan fingerprint density at radius 1 is 0.839 bits per heavy atom. The molecule has 0 spiro atoms. The molecule has 7 heteroatoms. The summed E-state index contributed by atoms with van der Waals surface area (Å²) >= 11 is 0. The molecule has 0 saturated heterocycles. The first-order valence-electron chi connectivity index (χ1n) is 9.86. The van der Waals surface area contributed by atoms with Crippen LogP contribution >= 0.6 is 0 Å². The predicted octanol–water partition coefficient (Wildman–Crippen LogP) is 5.24. The summed E-state index contributed by atoms with van der Waals surface area (Å²) in [5.41, 5.74) is 2.08. The summed E-state index contributed by atoms with van der Waals surface area (Å²) < 4.78 is 27.2. The van der Waals surface area contributed by atoms with E-state index in [1.165, 1.54) is 17.7 Å². The van der Waals surface area contributed by atoms with Crippen molar-refractivity contribution in [1.29, 1.82) is 0 Å². The Balaban J connectivity index is 1.49. The fourth-order valence-corrected chi connectivity index (χ4v) is 3.17. The average molecular weight is 417 g/mol. The van der Waals surface area contributed by atoms with E-state index in [9.17, 15) is 8.78 Å². The summed E-state index contributed by atoms with van der Waals surface area (Å²) in [4.78, 5) is 15.2. The van der Waals surface area contributed by atoms with Gasteiger partial charge in [-0.25, -0.2) is 18.7 Å². The summed E-state index contributed by atoms with van der Waals surface area (Å²) in [7, 11) is 1.83. The topological polar surface area (TPSA) is 53.9 Å². The first-order chi connectivity index (χ1) is 15.1. The van der Waals surface area contributed by atoms with Crippen LogP contribution in [0.2, 0.25) is 0 Å². The SMILES string of the molecule is CN(c1cccc(-c2cc(F)cc(F)c2)n1)c1ccnc(NCCc2ccccc2)n1. The molecular weight excluding hydrogens is 396 g/mol. The first kappa shape index (κ1) is 20.4. The van der Waals surface area contributed by atoms with Crippen LogP contribution in [-0.2, 0) is 6.42 Å². The van der Waals surface area contributed by atoms with Gasteiger partial charge in [0, 0.05) is 31.4 Å². The highest BCUT2D eigenvalue weighted by molar-refractivity contribution is 5.64. The molecule has 5 nitrogen and oxygen atoms in total. The summed E-state index contributed by atoms with van der Waals surface area (Å²) in [6, 6.07) is 20.6. The molecule has 1 N–H and O–H groups in total. The molecule has 0 aliphatic heterocycles. The van der Waals surface area contributed by atoms with Crippen molar-refractivity contribution >= 4 is 17.6 Å². The molecule has 2 aromatic carbocycles. The van der Waals surface area contributed by atoms with Gasteiger partial charge < -0.3 is 10.2 Å². The molecule has 0 aliphatic rings. The molecule has 0 saturated carbocycles. The zero-order valence-corrected chi connectivity index (χ0v) is 17.0. The van der Waals surface area contributed by atoms with Crippen molar-refractivity contribution in [2.24, 2.45) is 0 Å². The van der Waals surface area contributed by atoms with Gasteiger partial charge in [0.25, 0.3) is 0 Å². The minimum atomic E-state index is -0.641. The zero-order valence-electron chi connectivity index (χ0n) is 17.0. The van der Waals surface area contributed by atoms with E-state index >= 15 is 0 Å². The number of hydrogen-bond acceptors (Lipinski definition) is 5. The molecular formula is C24H21F2N5. The molecule has 2 heterocycles. The minimum absolute atomic E-state index is 0.374. The number of nitrogens with one attached hydrogen (secondary N) is 1. The van der Waals surface area contributed by atoms with E-state index in [0.717, 1.165) is 12.5 Å². The third kappa shape index (κ3) is 5.19. The van der Waals surface area contributed by atoms with Crippen molar-refractivity contribution in [2.75, 3.05) is 23.8 Å². The molecule has 156 valence electrons. The van der Waals surface area contributed by atoms with Crippen molar-refractivity contribution in [3.63, 3.8) is 0 Å². The zero-order chi connectivity index (χ0) is 21.6. The summed E-state index contributed by atoms with van der Waals surface area (Å²) in [6.45, 7) is 0.704. The maximum Gasteiger partial charge on any atom is 0.224 e. The fraction of sp³-hybridized carbons (Fsp3) is 0.125. The minimum Gasteiger partial charge on any atom is -0.354 e. The number of anilines is 3. The second-order valence-corrected chi connectivity index (χ2v) is 7.00. The Hall–Kier alpha value is -3.87. The molecule has 0 aliphatic carbocycles. The number of hydrogen-bond donors (Lipinski definition) is 1. The van der Waals surface area contributed by atoms with Gasteiger partial charge in [0.1, 0.15) is 23.3 Å². The molecule has 4 rings (SSSR count). The lowest BCUT2D eigenvalue weighted by Gasteiger charge is -2.18. The molecule has 0 bridgehead atoms. The standard InChI is InChI=1S/C24H21F2N5/c1-31(22-9-5-8-21(29-22)18-14-19(25)16-20(26)15-18)23-11-13-28-24(30-23)27-12-10-17-6-3-2-4-7-17/h2-9,11,13-16H,10,12H2,1H3,(H,27,28,30). The highest BCUT2D eigenvalue weighted by atomic mass is 19.1. The van der Waals surface area contributed by atoms with Gasteiger partial charge in [-0.15, -0.1) is 0 Å². The average Bonchev–Trinajstić information content (AvgIpc) is 2.79. The van der Waals surface area contributed by atoms with Gasteiger partial charge in [-0.05, 0) is 42.3 Å². The summed E-state index contributed by atoms with van der Waals surface area (Å²) in [6.07, 6.45) is 2.54. The molecule has 0 amide bonds. The smallest absolute Gasteiger partial charge is 0.224 e. The van der Waals surface area contributed by atoms with Crippen molar-refractivity contribution < 1.29 is 8.78 Å². The summed E-state index contributed by atoms with van der Waals surface area (Å²) in [5.74, 6) is 0.474. The van der Waals surface area contributed by atoms with Gasteiger partial charge >= 0.3 is 0 Å². The number of benzene rings is 2. The van der Waals surface area contributed by atoms with Crippen LogP contribution in [-0.4, -0.2) is 28.5 Å². The lowest BCUT2D eigenvalue weighted by Crippen LogP contribution is -2.15. The van der Waals surface area contributed by atoms with Gasteiger partial charge in [0.05, 0.1) is 5.69 Å². The molecule has 0 radical (unpaired) electrons. The van der Waals surface area contributed by atoms with Gasteiger partial charge in [-0.1, -0.05) is 36.4 Å². The summed E-state index contributed by atoms with van der Waals surface area (Å²) in [5, 5.41) is 3.24. The van der Waals surface area contributed by atoms with Crippen molar-refractivity contribution in [2.45, 2.75) is 6.42 Å². The maximum atomic E-state index is 13.6. The third-order valence-electron chi connectivity index (χ3n) is 4.76. The Labute approximate surface area is 179 Å². The van der Waals surface area contributed by atoms with E-state index < -0.39 is 11.6 Å². The third-order valence-corrected chi connectivity index (χ3v) is 4.76. The van der Waals surface area contributed by atoms with E-state index in [4.69, 9.17) is 0 Å². The van der Waals surface area contributed by atoms with Crippen LogP contribution in [0.1, 0.15) is 5.56 Å². The van der Waals surface area contributed by atoms with Crippen molar-refractivity contribution in [3.05, 3.63) is 96.2 Å². The largest absolute Gasteiger partial charge is 0.354 e. The van der Waals surface area contributed by atoms with Crippen LogP contribution in [0.5, 0.6) is 0 Å². The monoisotopic (exact) mass is 417 g/mol.